The van der Waals surface area contributed by atoms with Crippen LogP contribution in [0.5, 0.6) is 0 Å². The Labute approximate surface area is 280 Å². The van der Waals surface area contributed by atoms with Gasteiger partial charge < -0.3 is 30.3 Å². The fraction of sp³-hybridized carbons (Fsp3) is 0.811. The van der Waals surface area contributed by atoms with E-state index in [1.807, 2.05) is 6.92 Å². The van der Waals surface area contributed by atoms with E-state index >= 15 is 0 Å². The average molecular weight is 660 g/mol. The van der Waals surface area contributed by atoms with Gasteiger partial charge in [0.15, 0.2) is 17.2 Å². The van der Waals surface area contributed by atoms with Gasteiger partial charge in [-0.25, -0.2) is 4.79 Å². The van der Waals surface area contributed by atoms with E-state index in [4.69, 9.17) is 15.2 Å². The molecule has 2 heterocycles. The monoisotopic (exact) mass is 659 g/mol. The molecule has 0 amide bonds. The van der Waals surface area contributed by atoms with Gasteiger partial charge in [-0.05, 0) is 95.1 Å². The molecule has 47 heavy (non-hydrogen) atoms. The van der Waals surface area contributed by atoms with Gasteiger partial charge in [-0.2, -0.15) is 0 Å². The third kappa shape index (κ3) is 7.19. The summed E-state index contributed by atoms with van der Waals surface area (Å²) >= 11 is 0. The van der Waals surface area contributed by atoms with Gasteiger partial charge in [-0.3, -0.25) is 15.3 Å². The molecule has 0 bridgehead atoms. The summed E-state index contributed by atoms with van der Waals surface area (Å²) in [6.45, 7) is 7.81. The van der Waals surface area contributed by atoms with Crippen LogP contribution in [0.1, 0.15) is 104 Å². The van der Waals surface area contributed by atoms with Gasteiger partial charge in [0.2, 0.25) is 0 Å². The number of ketones is 2. The number of carbonyl (C=O) groups is 3. The maximum Gasteiger partial charge on any atom is 0.350 e. The first kappa shape index (κ1) is 36.3. The van der Waals surface area contributed by atoms with Crippen molar-refractivity contribution in [1.29, 1.82) is 0 Å². The lowest BCUT2D eigenvalue weighted by Crippen LogP contribution is -2.94. The molecule has 5 aliphatic rings. The Balaban J connectivity index is 1.43. The Kier molecular flexibility index (Phi) is 12.2. The van der Waals surface area contributed by atoms with E-state index < -0.39 is 35.1 Å². The zero-order chi connectivity index (χ0) is 33.8. The molecule has 10 atom stereocenters. The fourth-order valence-corrected chi connectivity index (χ4v) is 9.34. The summed E-state index contributed by atoms with van der Waals surface area (Å²) in [5.41, 5.74) is 4.20. The van der Waals surface area contributed by atoms with Gasteiger partial charge in [0.25, 0.3) is 5.60 Å². The van der Waals surface area contributed by atoms with Crippen molar-refractivity contribution in [3.63, 3.8) is 0 Å². The van der Waals surface area contributed by atoms with Crippen LogP contribution in [0.15, 0.2) is 23.3 Å². The number of esters is 1. The molecule has 10 unspecified atom stereocenters. The highest BCUT2D eigenvalue weighted by Gasteiger charge is 2.87. The largest absolute Gasteiger partial charge is 0.459 e. The van der Waals surface area contributed by atoms with Crippen molar-refractivity contribution < 1.29 is 44.7 Å². The van der Waals surface area contributed by atoms with E-state index in [2.05, 4.69) is 36.6 Å². The molecule has 0 aromatic heterocycles. The number of piperidine rings is 1. The maximum absolute atomic E-state index is 14.5. The number of aliphatic hydroxyl groups excluding tert-OH is 2. The maximum atomic E-state index is 14.5. The summed E-state index contributed by atoms with van der Waals surface area (Å²) in [6.07, 6.45) is 13.4. The quantitative estimate of drug-likeness (QED) is 0.0760. The number of likely N-dealkylation sites (N-methyl/N-ethyl adjacent to an activating group) is 1. The molecule has 4 fully saturated rings. The second kappa shape index (κ2) is 15.7. The van der Waals surface area contributed by atoms with Crippen LogP contribution < -0.4 is 16.4 Å². The molecule has 2 saturated carbocycles. The second-order valence-corrected chi connectivity index (χ2v) is 15.2. The average Bonchev–Trinajstić information content (AvgIpc) is 3.79. The van der Waals surface area contributed by atoms with E-state index in [0.717, 1.165) is 70.0 Å². The molecule has 10 heteroatoms. The number of epoxide rings is 1. The Bertz CT molecular complexity index is 1200. The molecule has 10 nitrogen and oxygen atoms in total. The number of nitrogens with two attached hydrogens (primary N) is 3. The minimum Gasteiger partial charge on any atom is -0.459 e. The number of hydrogen-bond donors (Lipinski definition) is 5. The lowest BCUT2D eigenvalue weighted by molar-refractivity contribution is -0.699. The van der Waals surface area contributed by atoms with Gasteiger partial charge in [0.1, 0.15) is 18.3 Å². The highest BCUT2D eigenvalue weighted by atomic mass is 16.7. The molecule has 0 aromatic rings. The highest BCUT2D eigenvalue weighted by Crippen LogP contribution is 2.62. The summed E-state index contributed by atoms with van der Waals surface area (Å²) in [5, 5.41) is 24.8. The van der Waals surface area contributed by atoms with E-state index in [9.17, 15) is 24.6 Å². The van der Waals surface area contributed by atoms with Gasteiger partial charge in [0, 0.05) is 31.3 Å². The zero-order valence-corrected chi connectivity index (χ0v) is 29.0. The molecule has 0 spiro atoms. The number of Topliss-reactive ketones (excluding diaryl/α,β-unsaturated/α-hetero) is 2. The van der Waals surface area contributed by atoms with Crippen LogP contribution >= 0.6 is 0 Å². The van der Waals surface area contributed by atoms with Crippen LogP contribution in [0.2, 0.25) is 0 Å². The SMILES string of the molecule is CC[NH2+]C1C=CC(CC)CC1C(CCCO)OC(=O)C12OC1(CC(CO)=C(C)CCC1CC[NH2+]C(N)C1)C(=O)C1CCCCC1C2=O. The Morgan fingerprint density at radius 3 is 2.53 bits per heavy atom. The molecular weight excluding hydrogens is 598 g/mol. The predicted octanol–water partition coefficient (Wildman–Crippen LogP) is 1.43. The Morgan fingerprint density at radius 1 is 1.13 bits per heavy atom. The number of carbonyl (C=O) groups excluding carboxylic acids is 3. The molecule has 2 saturated heterocycles. The van der Waals surface area contributed by atoms with E-state index in [1.165, 1.54) is 0 Å². The summed E-state index contributed by atoms with van der Waals surface area (Å²) < 4.78 is 12.7. The summed E-state index contributed by atoms with van der Waals surface area (Å²) in [4.78, 5) is 43.4. The first-order valence-corrected chi connectivity index (χ1v) is 18.6. The van der Waals surface area contributed by atoms with Crippen molar-refractivity contribution in [3.8, 4) is 0 Å². The van der Waals surface area contributed by atoms with E-state index in [-0.39, 0.29) is 49.3 Å². The van der Waals surface area contributed by atoms with Crippen LogP contribution in [0.3, 0.4) is 0 Å². The predicted molar refractivity (Wildman–Crippen MR) is 177 cm³/mol. The second-order valence-electron chi connectivity index (χ2n) is 15.2. The first-order chi connectivity index (χ1) is 22.6. The fourth-order valence-electron chi connectivity index (χ4n) is 9.34. The number of allylic oxidation sites excluding steroid dienone is 2. The first-order valence-electron chi connectivity index (χ1n) is 18.6. The van der Waals surface area contributed by atoms with Gasteiger partial charge in [-0.1, -0.05) is 31.4 Å². The van der Waals surface area contributed by atoms with Crippen LogP contribution in [-0.2, 0) is 23.9 Å². The molecule has 3 aliphatic carbocycles. The standard InChI is InChI=1S/C37H59N3O7/c1-4-24-14-15-30(39-5-2)29(19-24)31(11-8-18-41)46-35(45)37-34(44)28-10-7-6-9-27(28)33(43)36(37,47-37)21-26(22-42)23(3)12-13-25-16-17-40-32(38)20-25/h14-15,24-25,27-32,39-42H,4-13,16-22,38H2,1-3H3/p+2. The molecule has 0 aromatic carbocycles. The normalized spacial score (nSPS) is 37.9. The lowest BCUT2D eigenvalue weighted by Gasteiger charge is -2.39. The third-order valence-corrected chi connectivity index (χ3v) is 12.3. The molecule has 264 valence electrons. The number of quaternary nitrogens is 2. The summed E-state index contributed by atoms with van der Waals surface area (Å²) in [7, 11) is 0. The smallest absolute Gasteiger partial charge is 0.350 e. The Hall–Kier alpha value is -1.95. The van der Waals surface area contributed by atoms with Gasteiger partial charge in [0.05, 0.1) is 25.6 Å². The van der Waals surface area contributed by atoms with Gasteiger partial charge in [-0.15, -0.1) is 0 Å². The Morgan fingerprint density at radius 2 is 1.87 bits per heavy atom. The van der Waals surface area contributed by atoms with E-state index in [0.29, 0.717) is 43.1 Å². The number of ether oxygens (including phenoxy) is 2. The van der Waals surface area contributed by atoms with Crippen molar-refractivity contribution in [2.75, 3.05) is 26.3 Å². The number of fused-ring (bicyclic) bond motifs is 2. The summed E-state index contributed by atoms with van der Waals surface area (Å²) in [6, 6.07) is 0.108. The van der Waals surface area contributed by atoms with Crippen LogP contribution in [-0.4, -0.2) is 83.6 Å². The minimum absolute atomic E-state index is 0.00224. The van der Waals surface area contributed by atoms with Gasteiger partial charge >= 0.3 is 5.97 Å². The van der Waals surface area contributed by atoms with Crippen molar-refractivity contribution in [2.24, 2.45) is 35.3 Å². The molecule has 8 N–H and O–H groups in total. The summed E-state index contributed by atoms with van der Waals surface area (Å²) in [5.74, 6) is -1.41. The van der Waals surface area contributed by atoms with E-state index in [1.54, 1.807) is 0 Å². The van der Waals surface area contributed by atoms with Crippen molar-refractivity contribution >= 4 is 17.5 Å². The van der Waals surface area contributed by atoms with Crippen molar-refractivity contribution in [2.45, 2.75) is 134 Å². The number of hydrogen-bond acceptors (Lipinski definition) is 8. The number of rotatable bonds is 15. The topological polar surface area (TPSA) is 173 Å². The molecule has 5 rings (SSSR count). The van der Waals surface area contributed by atoms with Crippen molar-refractivity contribution in [1.82, 2.24) is 0 Å². The zero-order valence-electron chi connectivity index (χ0n) is 29.0. The van der Waals surface area contributed by atoms with Crippen LogP contribution in [0.4, 0.5) is 0 Å². The van der Waals surface area contributed by atoms with Crippen LogP contribution in [0.25, 0.3) is 0 Å². The molecule has 2 aliphatic heterocycles. The van der Waals surface area contributed by atoms with Crippen LogP contribution in [0, 0.1) is 29.6 Å². The molecule has 0 radical (unpaired) electrons. The third-order valence-electron chi connectivity index (χ3n) is 12.3. The minimum atomic E-state index is -1.98. The van der Waals surface area contributed by atoms with Crippen molar-refractivity contribution in [3.05, 3.63) is 23.3 Å². The molecular formula is C37H61N3O7+2. The lowest BCUT2D eigenvalue weighted by atomic mass is 9.60. The highest BCUT2D eigenvalue weighted by molar-refractivity contribution is 6.23. The number of aliphatic hydroxyl groups is 2.